The first kappa shape index (κ1) is 22.9. The van der Waals surface area contributed by atoms with E-state index >= 15 is 0 Å². The molecule has 1 fully saturated rings. The zero-order chi connectivity index (χ0) is 22.7. The Morgan fingerprint density at radius 1 is 1.03 bits per heavy atom. The highest BCUT2D eigenvalue weighted by atomic mass is 19.1. The van der Waals surface area contributed by atoms with Crippen LogP contribution in [0.1, 0.15) is 69.1 Å². The summed E-state index contributed by atoms with van der Waals surface area (Å²) in [6.45, 7) is 1.76. The van der Waals surface area contributed by atoms with Crippen LogP contribution in [-0.2, 0) is 6.42 Å². The summed E-state index contributed by atoms with van der Waals surface area (Å²) in [6, 6.07) is 9.82. The first-order valence-electron chi connectivity index (χ1n) is 10.7. The molecule has 0 radical (unpaired) electrons. The van der Waals surface area contributed by atoms with Gasteiger partial charge in [-0.2, -0.15) is 0 Å². The predicted octanol–water partition coefficient (Wildman–Crippen LogP) is 5.18. The molecule has 166 valence electrons. The molecule has 1 aliphatic rings. The molecule has 5 nitrogen and oxygen atoms in total. The van der Waals surface area contributed by atoms with Gasteiger partial charge >= 0.3 is 11.9 Å². The molecule has 0 bridgehead atoms. The molecule has 1 atom stereocenters. The quantitative estimate of drug-likeness (QED) is 0.636. The van der Waals surface area contributed by atoms with Crippen molar-refractivity contribution < 1.29 is 24.2 Å². The maximum atomic E-state index is 13.4. The fourth-order valence-electron chi connectivity index (χ4n) is 5.00. The van der Waals surface area contributed by atoms with Gasteiger partial charge in [-0.05, 0) is 106 Å². The minimum atomic E-state index is -1.11. The molecular weight excluding hydrogens is 397 g/mol. The first-order valence-corrected chi connectivity index (χ1v) is 10.7. The molecule has 0 saturated heterocycles. The number of aromatic carboxylic acids is 2. The maximum Gasteiger partial charge on any atom is 0.335 e. The van der Waals surface area contributed by atoms with Crippen molar-refractivity contribution in [3.8, 4) is 0 Å². The van der Waals surface area contributed by atoms with Crippen LogP contribution >= 0.6 is 0 Å². The highest BCUT2D eigenvalue weighted by Crippen LogP contribution is 2.40. The number of hydrogen-bond acceptors (Lipinski definition) is 3. The molecule has 0 amide bonds. The van der Waals surface area contributed by atoms with Crippen LogP contribution in [0.25, 0.3) is 0 Å². The van der Waals surface area contributed by atoms with E-state index in [1.807, 2.05) is 26.2 Å². The number of nitrogens with zero attached hydrogens (tertiary/aromatic N) is 1. The molecule has 0 spiro atoms. The Morgan fingerprint density at radius 2 is 1.65 bits per heavy atom. The van der Waals surface area contributed by atoms with E-state index in [-0.39, 0.29) is 23.0 Å². The van der Waals surface area contributed by atoms with Crippen molar-refractivity contribution in [2.75, 3.05) is 14.1 Å². The van der Waals surface area contributed by atoms with Gasteiger partial charge in [0.15, 0.2) is 0 Å². The van der Waals surface area contributed by atoms with Crippen LogP contribution in [0.2, 0.25) is 0 Å². The van der Waals surface area contributed by atoms with Gasteiger partial charge in [-0.15, -0.1) is 0 Å². The van der Waals surface area contributed by atoms with E-state index in [9.17, 15) is 24.2 Å². The molecule has 2 aromatic rings. The van der Waals surface area contributed by atoms with Gasteiger partial charge in [0.25, 0.3) is 0 Å². The Kier molecular flexibility index (Phi) is 7.11. The molecule has 1 saturated carbocycles. The van der Waals surface area contributed by atoms with Crippen LogP contribution in [0, 0.1) is 24.6 Å². The summed E-state index contributed by atoms with van der Waals surface area (Å²) in [5.41, 5.74) is 2.66. The van der Waals surface area contributed by atoms with Gasteiger partial charge in [-0.25, -0.2) is 14.0 Å². The largest absolute Gasteiger partial charge is 0.478 e. The SMILES string of the molecule is Cc1c(CC2CCC(C(c3ccc(F)cc3)N(C)C)CC2)cc(C(=O)O)cc1C(=O)O. The molecule has 2 N–H and O–H groups in total. The molecule has 0 aromatic heterocycles. The number of carboxylic acid groups (broad SMARTS) is 2. The second-order valence-corrected chi connectivity index (χ2v) is 8.86. The van der Waals surface area contributed by atoms with Gasteiger partial charge in [-0.1, -0.05) is 12.1 Å². The summed E-state index contributed by atoms with van der Waals surface area (Å²) in [7, 11) is 4.10. The second-order valence-electron chi connectivity index (χ2n) is 8.86. The van der Waals surface area contributed by atoms with Gasteiger partial charge in [0, 0.05) is 6.04 Å². The lowest BCUT2D eigenvalue weighted by atomic mass is 9.74. The number of carbonyl (C=O) groups is 2. The highest BCUT2D eigenvalue weighted by molar-refractivity contribution is 5.95. The molecule has 1 aliphatic carbocycles. The minimum Gasteiger partial charge on any atom is -0.478 e. The third kappa shape index (κ3) is 5.31. The van der Waals surface area contributed by atoms with Crippen molar-refractivity contribution in [3.05, 3.63) is 70.0 Å². The lowest BCUT2D eigenvalue weighted by Crippen LogP contribution is -2.30. The molecule has 0 aliphatic heterocycles. The summed E-state index contributed by atoms with van der Waals surface area (Å²) in [6.07, 6.45) is 4.72. The summed E-state index contributed by atoms with van der Waals surface area (Å²) in [5, 5.41) is 18.8. The molecule has 3 rings (SSSR count). The Balaban J connectivity index is 1.73. The smallest absolute Gasteiger partial charge is 0.335 e. The molecule has 31 heavy (non-hydrogen) atoms. The van der Waals surface area contributed by atoms with E-state index in [2.05, 4.69) is 4.90 Å². The average molecular weight is 428 g/mol. The van der Waals surface area contributed by atoms with Crippen molar-refractivity contribution >= 4 is 11.9 Å². The Bertz CT molecular complexity index is 947. The average Bonchev–Trinajstić information content (AvgIpc) is 2.71. The Hall–Kier alpha value is -2.73. The van der Waals surface area contributed by atoms with Crippen LogP contribution in [0.4, 0.5) is 4.39 Å². The van der Waals surface area contributed by atoms with Gasteiger partial charge in [-0.3, -0.25) is 0 Å². The van der Waals surface area contributed by atoms with E-state index in [0.717, 1.165) is 36.8 Å². The summed E-state index contributed by atoms with van der Waals surface area (Å²) in [5.74, 6) is -1.60. The van der Waals surface area contributed by atoms with Crippen LogP contribution < -0.4 is 0 Å². The maximum absolute atomic E-state index is 13.4. The number of hydrogen-bond donors (Lipinski definition) is 2. The van der Waals surface area contributed by atoms with Crippen molar-refractivity contribution in [1.82, 2.24) is 4.90 Å². The molecular formula is C25H30FNO4. The van der Waals surface area contributed by atoms with Crippen molar-refractivity contribution in [1.29, 1.82) is 0 Å². The van der Waals surface area contributed by atoms with Gasteiger partial charge < -0.3 is 15.1 Å². The molecule has 6 heteroatoms. The van der Waals surface area contributed by atoms with E-state index < -0.39 is 11.9 Å². The molecule has 1 unspecified atom stereocenters. The summed E-state index contributed by atoms with van der Waals surface area (Å²) < 4.78 is 13.4. The van der Waals surface area contributed by atoms with E-state index in [1.54, 1.807) is 13.0 Å². The van der Waals surface area contributed by atoms with Crippen LogP contribution in [0.5, 0.6) is 0 Å². The second kappa shape index (κ2) is 9.60. The van der Waals surface area contributed by atoms with Crippen LogP contribution in [0.15, 0.2) is 36.4 Å². The molecule has 0 heterocycles. The Labute approximate surface area is 182 Å². The summed E-state index contributed by atoms with van der Waals surface area (Å²) >= 11 is 0. The third-order valence-corrected chi connectivity index (χ3v) is 6.61. The fraction of sp³-hybridized carbons (Fsp3) is 0.440. The Morgan fingerprint density at radius 3 is 2.16 bits per heavy atom. The lowest BCUT2D eigenvalue weighted by Gasteiger charge is -2.38. The van der Waals surface area contributed by atoms with Crippen molar-refractivity contribution in [2.24, 2.45) is 11.8 Å². The molecule has 2 aromatic carbocycles. The van der Waals surface area contributed by atoms with E-state index in [0.29, 0.717) is 23.8 Å². The van der Waals surface area contributed by atoms with Gasteiger partial charge in [0.05, 0.1) is 11.1 Å². The van der Waals surface area contributed by atoms with Crippen LogP contribution in [-0.4, -0.2) is 41.1 Å². The number of carboxylic acids is 2. The predicted molar refractivity (Wildman–Crippen MR) is 117 cm³/mol. The zero-order valence-corrected chi connectivity index (χ0v) is 18.3. The standard InChI is InChI=1S/C25H30FNO4/c1-15-19(13-20(24(28)29)14-22(15)25(30)31)12-16-4-6-17(7-5-16)23(27(2)3)18-8-10-21(26)11-9-18/h8-11,13-14,16-17,23H,4-7,12H2,1-3H3,(H,28,29)(H,30,31). The normalized spacial score (nSPS) is 19.9. The lowest BCUT2D eigenvalue weighted by molar-refractivity contribution is 0.0695. The number of halogens is 1. The number of benzene rings is 2. The van der Waals surface area contributed by atoms with Gasteiger partial charge in [0.1, 0.15) is 5.82 Å². The summed E-state index contributed by atoms with van der Waals surface area (Å²) in [4.78, 5) is 25.2. The van der Waals surface area contributed by atoms with E-state index in [1.165, 1.54) is 18.2 Å². The third-order valence-electron chi connectivity index (χ3n) is 6.61. The minimum absolute atomic E-state index is 0.0238. The fourth-order valence-corrected chi connectivity index (χ4v) is 5.00. The van der Waals surface area contributed by atoms with Crippen molar-refractivity contribution in [2.45, 2.75) is 45.1 Å². The van der Waals surface area contributed by atoms with Crippen LogP contribution in [0.3, 0.4) is 0 Å². The zero-order valence-electron chi connectivity index (χ0n) is 18.3. The van der Waals surface area contributed by atoms with Crippen molar-refractivity contribution in [3.63, 3.8) is 0 Å². The topological polar surface area (TPSA) is 77.8 Å². The number of rotatable bonds is 7. The van der Waals surface area contributed by atoms with Gasteiger partial charge in [0.2, 0.25) is 0 Å². The monoisotopic (exact) mass is 427 g/mol. The highest BCUT2D eigenvalue weighted by Gasteiger charge is 2.30. The first-order chi connectivity index (χ1) is 14.7. The van der Waals surface area contributed by atoms with E-state index in [4.69, 9.17) is 0 Å².